The Bertz CT molecular complexity index is 311. The number of carbonyl (C=O) groups is 1. The molecule has 1 fully saturated rings. The van der Waals surface area contributed by atoms with Gasteiger partial charge in [0.1, 0.15) is 0 Å². The van der Waals surface area contributed by atoms with Gasteiger partial charge in [-0.2, -0.15) is 0 Å². The van der Waals surface area contributed by atoms with Crippen LogP contribution < -0.4 is 11.1 Å². The summed E-state index contributed by atoms with van der Waals surface area (Å²) in [6, 6.07) is 0.203. The van der Waals surface area contributed by atoms with Crippen LogP contribution in [0.4, 0.5) is 0 Å². The van der Waals surface area contributed by atoms with Crippen molar-refractivity contribution in [1.29, 1.82) is 0 Å². The maximum atomic E-state index is 12.2. The van der Waals surface area contributed by atoms with Crippen molar-refractivity contribution in [2.45, 2.75) is 58.7 Å². The zero-order valence-corrected chi connectivity index (χ0v) is 13.8. The molecule has 2 atom stereocenters. The van der Waals surface area contributed by atoms with E-state index in [-0.39, 0.29) is 23.5 Å². The van der Waals surface area contributed by atoms with Crippen LogP contribution in [0.5, 0.6) is 0 Å². The zero-order valence-electron chi connectivity index (χ0n) is 13.8. The Balaban J connectivity index is 2.46. The van der Waals surface area contributed by atoms with E-state index in [9.17, 15) is 4.79 Å². The van der Waals surface area contributed by atoms with E-state index in [0.717, 1.165) is 32.6 Å². The Morgan fingerprint density at radius 1 is 1.25 bits per heavy atom. The van der Waals surface area contributed by atoms with E-state index < -0.39 is 0 Å². The number of nitrogens with two attached hydrogens (primary N) is 1. The maximum absolute atomic E-state index is 12.2. The second kappa shape index (κ2) is 7.38. The van der Waals surface area contributed by atoms with Gasteiger partial charge in [0.05, 0.1) is 6.04 Å². The van der Waals surface area contributed by atoms with Crippen molar-refractivity contribution < 1.29 is 4.79 Å². The third kappa shape index (κ3) is 4.43. The molecule has 1 aliphatic heterocycles. The highest BCUT2D eigenvalue weighted by Gasteiger charge is 2.31. The molecule has 20 heavy (non-hydrogen) atoms. The van der Waals surface area contributed by atoms with Gasteiger partial charge in [-0.1, -0.05) is 6.92 Å². The first-order valence-electron chi connectivity index (χ1n) is 7.81. The molecule has 1 heterocycles. The molecule has 5 nitrogen and oxygen atoms in total. The predicted molar refractivity (Wildman–Crippen MR) is 83.6 cm³/mol. The number of nitrogens with zero attached hydrogens (tertiary/aromatic N) is 2. The minimum absolute atomic E-state index is 0.0489. The highest BCUT2D eigenvalue weighted by Crippen LogP contribution is 2.16. The topological polar surface area (TPSA) is 61.6 Å². The number of piperazine rings is 1. The van der Waals surface area contributed by atoms with Crippen LogP contribution in [-0.4, -0.2) is 66.1 Å². The smallest absolute Gasteiger partial charge is 0.237 e. The van der Waals surface area contributed by atoms with Gasteiger partial charge in [0.15, 0.2) is 0 Å². The van der Waals surface area contributed by atoms with E-state index in [0.29, 0.717) is 6.54 Å². The Morgan fingerprint density at radius 3 is 2.25 bits per heavy atom. The molecular formula is C15H32N4O. The van der Waals surface area contributed by atoms with Crippen LogP contribution in [-0.2, 0) is 4.79 Å². The number of rotatable bonds is 6. The predicted octanol–water partition coefficient (Wildman–Crippen LogP) is 0.645. The second-order valence-electron chi connectivity index (χ2n) is 6.53. The van der Waals surface area contributed by atoms with Gasteiger partial charge in [-0.05, 0) is 34.1 Å². The minimum atomic E-state index is -0.0489. The summed E-state index contributed by atoms with van der Waals surface area (Å²) >= 11 is 0. The number of carbonyl (C=O) groups excluding carboxylic acids is 1. The Hall–Kier alpha value is -0.650. The molecule has 1 amide bonds. The lowest BCUT2D eigenvalue weighted by Crippen LogP contribution is -2.60. The molecule has 0 aromatic rings. The molecule has 0 saturated carbocycles. The normalized spacial score (nSPS) is 21.5. The van der Waals surface area contributed by atoms with E-state index in [1.807, 2.05) is 13.8 Å². The molecule has 0 aromatic carbocycles. The van der Waals surface area contributed by atoms with Gasteiger partial charge in [-0.3, -0.25) is 14.6 Å². The van der Waals surface area contributed by atoms with Crippen LogP contribution >= 0.6 is 0 Å². The highest BCUT2D eigenvalue weighted by atomic mass is 16.2. The highest BCUT2D eigenvalue weighted by molar-refractivity contribution is 5.81. The van der Waals surface area contributed by atoms with E-state index >= 15 is 0 Å². The van der Waals surface area contributed by atoms with Crippen molar-refractivity contribution in [2.24, 2.45) is 5.73 Å². The number of hydrogen-bond acceptors (Lipinski definition) is 4. The van der Waals surface area contributed by atoms with Crippen LogP contribution in [0.15, 0.2) is 0 Å². The average molecular weight is 284 g/mol. The molecule has 3 N–H and O–H groups in total. The average Bonchev–Trinajstić information content (AvgIpc) is 2.46. The standard InChI is InChI=1S/C15H32N4O/c1-6-12(2)17-14(20)13(3)18-7-9-19(10-8-18)15(4,5)11-16/h12-13H,6-11,16H2,1-5H3,(H,17,20). The van der Waals surface area contributed by atoms with Crippen molar-refractivity contribution in [1.82, 2.24) is 15.1 Å². The molecule has 1 aliphatic rings. The van der Waals surface area contributed by atoms with Crippen LogP contribution in [0.25, 0.3) is 0 Å². The van der Waals surface area contributed by atoms with Crippen LogP contribution in [0.3, 0.4) is 0 Å². The molecule has 0 spiro atoms. The lowest BCUT2D eigenvalue weighted by molar-refractivity contribution is -0.127. The van der Waals surface area contributed by atoms with Gasteiger partial charge in [0.25, 0.3) is 0 Å². The first kappa shape index (κ1) is 17.4. The maximum Gasteiger partial charge on any atom is 0.237 e. The molecule has 0 radical (unpaired) electrons. The molecule has 2 unspecified atom stereocenters. The lowest BCUT2D eigenvalue weighted by atomic mass is 10.0. The van der Waals surface area contributed by atoms with E-state index in [2.05, 4.69) is 35.9 Å². The number of amides is 1. The van der Waals surface area contributed by atoms with Crippen LogP contribution in [0.1, 0.15) is 41.0 Å². The summed E-state index contributed by atoms with van der Waals surface area (Å²) in [7, 11) is 0. The molecule has 5 heteroatoms. The molecule has 0 aliphatic carbocycles. The van der Waals surface area contributed by atoms with Gasteiger partial charge in [0, 0.05) is 44.3 Å². The van der Waals surface area contributed by atoms with E-state index in [1.165, 1.54) is 0 Å². The van der Waals surface area contributed by atoms with Gasteiger partial charge in [0.2, 0.25) is 5.91 Å². The largest absolute Gasteiger partial charge is 0.352 e. The summed E-state index contributed by atoms with van der Waals surface area (Å²) in [6.45, 7) is 15.0. The lowest BCUT2D eigenvalue weighted by Gasteiger charge is -2.44. The summed E-state index contributed by atoms with van der Waals surface area (Å²) in [6.07, 6.45) is 0.969. The fourth-order valence-electron chi connectivity index (χ4n) is 2.47. The minimum Gasteiger partial charge on any atom is -0.352 e. The second-order valence-corrected chi connectivity index (χ2v) is 6.53. The Labute approximate surface area is 123 Å². The van der Waals surface area contributed by atoms with Crippen molar-refractivity contribution in [3.63, 3.8) is 0 Å². The van der Waals surface area contributed by atoms with E-state index in [4.69, 9.17) is 5.73 Å². The summed E-state index contributed by atoms with van der Waals surface area (Å²) in [5, 5.41) is 3.07. The Kier molecular flexibility index (Phi) is 6.43. The fourth-order valence-corrected chi connectivity index (χ4v) is 2.47. The monoisotopic (exact) mass is 284 g/mol. The molecule has 118 valence electrons. The Morgan fingerprint density at radius 2 is 1.80 bits per heavy atom. The zero-order chi connectivity index (χ0) is 15.3. The molecule has 0 aromatic heterocycles. The summed E-state index contributed by atoms with van der Waals surface area (Å²) in [5.74, 6) is 0.144. The number of hydrogen-bond donors (Lipinski definition) is 2. The third-order valence-corrected chi connectivity index (χ3v) is 4.60. The van der Waals surface area contributed by atoms with Crippen molar-refractivity contribution in [3.8, 4) is 0 Å². The third-order valence-electron chi connectivity index (χ3n) is 4.60. The fraction of sp³-hybridized carbons (Fsp3) is 0.933. The van der Waals surface area contributed by atoms with Crippen LogP contribution in [0.2, 0.25) is 0 Å². The summed E-state index contributed by atoms with van der Waals surface area (Å²) in [5.41, 5.74) is 5.88. The van der Waals surface area contributed by atoms with Crippen molar-refractivity contribution in [2.75, 3.05) is 32.7 Å². The van der Waals surface area contributed by atoms with Gasteiger partial charge >= 0.3 is 0 Å². The van der Waals surface area contributed by atoms with Crippen molar-refractivity contribution >= 4 is 5.91 Å². The summed E-state index contributed by atoms with van der Waals surface area (Å²) < 4.78 is 0. The van der Waals surface area contributed by atoms with E-state index in [1.54, 1.807) is 0 Å². The first-order chi connectivity index (χ1) is 9.31. The van der Waals surface area contributed by atoms with Gasteiger partial charge in [-0.15, -0.1) is 0 Å². The van der Waals surface area contributed by atoms with Gasteiger partial charge in [-0.25, -0.2) is 0 Å². The molecule has 1 saturated heterocycles. The SMILES string of the molecule is CCC(C)NC(=O)C(C)N1CCN(C(C)(C)CN)CC1. The van der Waals surface area contributed by atoms with Crippen molar-refractivity contribution in [3.05, 3.63) is 0 Å². The number of nitrogens with one attached hydrogen (secondary N) is 1. The quantitative estimate of drug-likeness (QED) is 0.751. The summed E-state index contributed by atoms with van der Waals surface area (Å²) in [4.78, 5) is 16.8. The van der Waals surface area contributed by atoms with Crippen LogP contribution in [0, 0.1) is 0 Å². The first-order valence-corrected chi connectivity index (χ1v) is 7.81. The molecule has 0 bridgehead atoms. The van der Waals surface area contributed by atoms with Gasteiger partial charge < -0.3 is 11.1 Å². The molecular weight excluding hydrogens is 252 g/mol. The molecule has 1 rings (SSSR count).